The highest BCUT2D eigenvalue weighted by Gasteiger charge is 2.42. The highest BCUT2D eigenvalue weighted by Crippen LogP contribution is 2.37. The zero-order chi connectivity index (χ0) is 12.4. The maximum Gasteiger partial charge on any atom is 0.237 e. The van der Waals surface area contributed by atoms with Crippen LogP contribution in [0.3, 0.4) is 0 Å². The first-order chi connectivity index (χ1) is 8.84. The summed E-state index contributed by atoms with van der Waals surface area (Å²) >= 11 is 0. The van der Waals surface area contributed by atoms with E-state index in [1.165, 1.54) is 19.3 Å². The lowest BCUT2D eigenvalue weighted by Crippen LogP contribution is -2.43. The number of nitrogens with one attached hydrogen (secondary N) is 2. The van der Waals surface area contributed by atoms with Crippen molar-refractivity contribution >= 4 is 5.91 Å². The molecule has 1 saturated heterocycles. The molecule has 1 aliphatic heterocycles. The Hall–Kier alpha value is -1.35. The molecule has 1 aromatic rings. The number of hydrogen-bond donors (Lipinski definition) is 2. The van der Waals surface area contributed by atoms with Crippen LogP contribution in [0.4, 0.5) is 0 Å². The molecule has 1 aromatic carbocycles. The summed E-state index contributed by atoms with van der Waals surface area (Å²) in [5.74, 6) is 1.48. The average molecular weight is 244 g/mol. The first-order valence-electron chi connectivity index (χ1n) is 6.89. The summed E-state index contributed by atoms with van der Waals surface area (Å²) in [6.07, 6.45) is 3.79. The van der Waals surface area contributed by atoms with Gasteiger partial charge in [0.1, 0.15) is 0 Å². The molecule has 3 rings (SSSR count). The third-order valence-electron chi connectivity index (χ3n) is 4.34. The number of amides is 1. The molecular formula is C15H20N2O. The van der Waals surface area contributed by atoms with Gasteiger partial charge in [-0.15, -0.1) is 0 Å². The van der Waals surface area contributed by atoms with E-state index in [0.717, 1.165) is 18.0 Å². The number of carbonyl (C=O) groups is 1. The lowest BCUT2D eigenvalue weighted by molar-refractivity contribution is -0.123. The van der Waals surface area contributed by atoms with Gasteiger partial charge in [-0.05, 0) is 36.8 Å². The Labute approximate surface area is 108 Å². The van der Waals surface area contributed by atoms with Crippen LogP contribution in [-0.2, 0) is 11.3 Å². The first kappa shape index (κ1) is 11.7. The van der Waals surface area contributed by atoms with Gasteiger partial charge >= 0.3 is 0 Å². The minimum Gasteiger partial charge on any atom is -0.351 e. The van der Waals surface area contributed by atoms with E-state index in [1.807, 2.05) is 30.3 Å². The SMILES string of the molecule is O=C(NCc1ccccc1)C1NCC2CCCC21. The molecule has 18 heavy (non-hydrogen) atoms. The molecule has 2 fully saturated rings. The van der Waals surface area contributed by atoms with Crippen LogP contribution in [-0.4, -0.2) is 18.5 Å². The van der Waals surface area contributed by atoms with E-state index in [1.54, 1.807) is 0 Å². The maximum atomic E-state index is 12.2. The van der Waals surface area contributed by atoms with Crippen LogP contribution in [0.15, 0.2) is 30.3 Å². The fourth-order valence-corrected chi connectivity index (χ4v) is 3.37. The molecule has 3 unspecified atom stereocenters. The van der Waals surface area contributed by atoms with Crippen LogP contribution in [0.1, 0.15) is 24.8 Å². The summed E-state index contributed by atoms with van der Waals surface area (Å²) in [5, 5.41) is 6.43. The Bertz CT molecular complexity index is 418. The number of carbonyl (C=O) groups excluding carboxylic acids is 1. The Balaban J connectivity index is 1.56. The van der Waals surface area contributed by atoms with E-state index in [9.17, 15) is 4.79 Å². The molecule has 1 amide bonds. The Kier molecular flexibility index (Phi) is 3.33. The smallest absolute Gasteiger partial charge is 0.237 e. The molecule has 1 saturated carbocycles. The first-order valence-corrected chi connectivity index (χ1v) is 6.89. The molecule has 1 aliphatic carbocycles. The van der Waals surface area contributed by atoms with Gasteiger partial charge in [0.15, 0.2) is 0 Å². The number of hydrogen-bond acceptors (Lipinski definition) is 2. The van der Waals surface area contributed by atoms with Crippen molar-refractivity contribution in [3.8, 4) is 0 Å². The number of fused-ring (bicyclic) bond motifs is 1. The normalized spacial score (nSPS) is 30.1. The van der Waals surface area contributed by atoms with Crippen LogP contribution in [0.5, 0.6) is 0 Å². The van der Waals surface area contributed by atoms with Crippen molar-refractivity contribution in [2.75, 3.05) is 6.54 Å². The monoisotopic (exact) mass is 244 g/mol. The molecule has 0 bridgehead atoms. The highest BCUT2D eigenvalue weighted by molar-refractivity contribution is 5.82. The Morgan fingerprint density at radius 2 is 2.11 bits per heavy atom. The van der Waals surface area contributed by atoms with Crippen LogP contribution in [0.25, 0.3) is 0 Å². The van der Waals surface area contributed by atoms with Crippen LogP contribution in [0.2, 0.25) is 0 Å². The van der Waals surface area contributed by atoms with E-state index < -0.39 is 0 Å². The van der Waals surface area contributed by atoms with Crippen molar-refractivity contribution in [3.63, 3.8) is 0 Å². The molecule has 0 aromatic heterocycles. The second kappa shape index (κ2) is 5.11. The molecule has 1 heterocycles. The molecular weight excluding hydrogens is 224 g/mol. The minimum absolute atomic E-state index is 0.0428. The summed E-state index contributed by atoms with van der Waals surface area (Å²) in [6, 6.07) is 10.1. The quantitative estimate of drug-likeness (QED) is 0.849. The lowest BCUT2D eigenvalue weighted by atomic mass is 9.93. The lowest BCUT2D eigenvalue weighted by Gasteiger charge is -2.17. The molecule has 0 spiro atoms. The molecule has 3 heteroatoms. The van der Waals surface area contributed by atoms with E-state index in [2.05, 4.69) is 10.6 Å². The fraction of sp³-hybridized carbons (Fsp3) is 0.533. The molecule has 3 nitrogen and oxygen atoms in total. The predicted molar refractivity (Wildman–Crippen MR) is 70.9 cm³/mol. The van der Waals surface area contributed by atoms with Crippen LogP contribution in [0, 0.1) is 11.8 Å². The van der Waals surface area contributed by atoms with Gasteiger partial charge in [-0.3, -0.25) is 4.79 Å². The fourth-order valence-electron chi connectivity index (χ4n) is 3.37. The van der Waals surface area contributed by atoms with Crippen LogP contribution < -0.4 is 10.6 Å². The Morgan fingerprint density at radius 3 is 2.94 bits per heavy atom. The largest absolute Gasteiger partial charge is 0.351 e. The maximum absolute atomic E-state index is 12.2. The van der Waals surface area contributed by atoms with Crippen molar-refractivity contribution in [2.24, 2.45) is 11.8 Å². The van der Waals surface area contributed by atoms with Crippen molar-refractivity contribution < 1.29 is 4.79 Å². The van der Waals surface area contributed by atoms with Gasteiger partial charge in [0.05, 0.1) is 6.04 Å². The molecule has 2 N–H and O–H groups in total. The van der Waals surface area contributed by atoms with Gasteiger partial charge in [0.2, 0.25) is 5.91 Å². The summed E-state index contributed by atoms with van der Waals surface area (Å²) in [7, 11) is 0. The summed E-state index contributed by atoms with van der Waals surface area (Å²) in [4.78, 5) is 12.2. The molecule has 0 radical (unpaired) electrons. The van der Waals surface area contributed by atoms with Crippen molar-refractivity contribution in [1.29, 1.82) is 0 Å². The third-order valence-corrected chi connectivity index (χ3v) is 4.34. The van der Waals surface area contributed by atoms with Gasteiger partial charge in [-0.2, -0.15) is 0 Å². The number of rotatable bonds is 3. The average Bonchev–Trinajstić information content (AvgIpc) is 2.99. The van der Waals surface area contributed by atoms with Gasteiger partial charge < -0.3 is 10.6 Å². The highest BCUT2D eigenvalue weighted by atomic mass is 16.2. The predicted octanol–water partition coefficient (Wildman–Crippen LogP) is 1.69. The summed E-state index contributed by atoms with van der Waals surface area (Å²) < 4.78 is 0. The van der Waals surface area contributed by atoms with Crippen molar-refractivity contribution in [2.45, 2.75) is 31.8 Å². The third kappa shape index (κ3) is 2.27. The van der Waals surface area contributed by atoms with E-state index in [4.69, 9.17) is 0 Å². The molecule has 96 valence electrons. The standard InChI is InChI=1S/C15H20N2O/c18-15(17-9-11-5-2-1-3-6-11)14-13-8-4-7-12(13)10-16-14/h1-3,5-6,12-14,16H,4,7-10H2,(H,17,18). The van der Waals surface area contributed by atoms with E-state index >= 15 is 0 Å². The number of benzene rings is 1. The van der Waals surface area contributed by atoms with E-state index in [0.29, 0.717) is 12.5 Å². The van der Waals surface area contributed by atoms with E-state index in [-0.39, 0.29) is 11.9 Å². The zero-order valence-corrected chi connectivity index (χ0v) is 10.6. The zero-order valence-electron chi connectivity index (χ0n) is 10.6. The Morgan fingerprint density at radius 1 is 1.28 bits per heavy atom. The second-order valence-corrected chi connectivity index (χ2v) is 5.44. The topological polar surface area (TPSA) is 41.1 Å². The minimum atomic E-state index is 0.0428. The second-order valence-electron chi connectivity index (χ2n) is 5.44. The van der Waals surface area contributed by atoms with Gasteiger partial charge in [0.25, 0.3) is 0 Å². The van der Waals surface area contributed by atoms with Gasteiger partial charge in [0, 0.05) is 6.54 Å². The van der Waals surface area contributed by atoms with Gasteiger partial charge in [-0.1, -0.05) is 36.8 Å². The van der Waals surface area contributed by atoms with Crippen LogP contribution >= 0.6 is 0 Å². The summed E-state index contributed by atoms with van der Waals surface area (Å²) in [5.41, 5.74) is 1.16. The molecule has 2 aliphatic rings. The molecule has 3 atom stereocenters. The summed E-state index contributed by atoms with van der Waals surface area (Å²) in [6.45, 7) is 1.66. The van der Waals surface area contributed by atoms with Crippen molar-refractivity contribution in [3.05, 3.63) is 35.9 Å². The van der Waals surface area contributed by atoms with Gasteiger partial charge in [-0.25, -0.2) is 0 Å². The van der Waals surface area contributed by atoms with Crippen molar-refractivity contribution in [1.82, 2.24) is 10.6 Å².